The number of rotatable bonds is 4. The van der Waals surface area contributed by atoms with Crippen molar-refractivity contribution in [2.75, 3.05) is 0 Å². The van der Waals surface area contributed by atoms with Gasteiger partial charge in [-0.2, -0.15) is 0 Å². The van der Waals surface area contributed by atoms with Crippen LogP contribution in [0.4, 0.5) is 5.69 Å². The fourth-order valence-electron chi connectivity index (χ4n) is 2.23. The Morgan fingerprint density at radius 2 is 2.00 bits per heavy atom. The molecule has 2 aromatic heterocycles. The van der Waals surface area contributed by atoms with Gasteiger partial charge in [-0.1, -0.05) is 11.6 Å². The van der Waals surface area contributed by atoms with E-state index in [1.54, 1.807) is 55.2 Å². The minimum atomic E-state index is -0.409. The molecule has 3 rings (SSSR count). The minimum Gasteiger partial charge on any atom is -0.437 e. The van der Waals surface area contributed by atoms with Gasteiger partial charge in [-0.25, -0.2) is 9.67 Å². The normalized spacial score (nSPS) is 10.6. The second-order valence-electron chi connectivity index (χ2n) is 5.20. The average molecular weight is 345 g/mol. The largest absolute Gasteiger partial charge is 0.437 e. The lowest BCUT2D eigenvalue weighted by atomic mass is 10.1. The van der Waals surface area contributed by atoms with Gasteiger partial charge in [0.25, 0.3) is 5.69 Å². The molecule has 0 bridgehead atoms. The Kier molecular flexibility index (Phi) is 4.18. The maximum Gasteiger partial charge on any atom is 0.272 e. The zero-order valence-electron chi connectivity index (χ0n) is 12.9. The van der Waals surface area contributed by atoms with Crippen LogP contribution in [0, 0.1) is 24.0 Å². The van der Waals surface area contributed by atoms with Crippen LogP contribution in [-0.2, 0) is 0 Å². The SMILES string of the molecule is Cc1cc([N+](=O)[O-])c(C)cc1Oc1ccn(-c2ccnc(Cl)c2)n1. The van der Waals surface area contributed by atoms with Gasteiger partial charge in [0.05, 0.1) is 10.6 Å². The first kappa shape index (κ1) is 15.9. The summed E-state index contributed by atoms with van der Waals surface area (Å²) in [5, 5.41) is 15.7. The van der Waals surface area contributed by atoms with E-state index in [0.717, 1.165) is 5.69 Å². The van der Waals surface area contributed by atoms with E-state index in [1.807, 2.05) is 0 Å². The molecule has 0 aliphatic rings. The second-order valence-corrected chi connectivity index (χ2v) is 5.59. The van der Waals surface area contributed by atoms with Gasteiger partial charge in [0, 0.05) is 36.2 Å². The molecule has 24 heavy (non-hydrogen) atoms. The number of aromatic nitrogens is 3. The molecule has 0 aliphatic heterocycles. The molecule has 0 N–H and O–H groups in total. The van der Waals surface area contributed by atoms with Gasteiger partial charge in [-0.15, -0.1) is 5.10 Å². The summed E-state index contributed by atoms with van der Waals surface area (Å²) < 4.78 is 7.36. The number of nitrogens with zero attached hydrogens (tertiary/aromatic N) is 4. The lowest BCUT2D eigenvalue weighted by Crippen LogP contribution is -1.97. The zero-order valence-corrected chi connectivity index (χ0v) is 13.7. The number of hydrogen-bond acceptors (Lipinski definition) is 5. The average Bonchev–Trinajstić information content (AvgIpc) is 2.99. The third kappa shape index (κ3) is 3.21. The number of ether oxygens (including phenoxy) is 1. The Labute approximate surface area is 142 Å². The first-order valence-electron chi connectivity index (χ1n) is 7.05. The number of nitro benzene ring substituents is 1. The summed E-state index contributed by atoms with van der Waals surface area (Å²) in [7, 11) is 0. The van der Waals surface area contributed by atoms with Crippen LogP contribution in [-0.4, -0.2) is 19.7 Å². The number of pyridine rings is 1. The van der Waals surface area contributed by atoms with E-state index >= 15 is 0 Å². The Balaban J connectivity index is 1.88. The van der Waals surface area contributed by atoms with Crippen LogP contribution >= 0.6 is 11.6 Å². The molecule has 0 spiro atoms. The fourth-order valence-corrected chi connectivity index (χ4v) is 2.40. The van der Waals surface area contributed by atoms with Crippen LogP contribution in [0.3, 0.4) is 0 Å². The molecule has 0 saturated carbocycles. The minimum absolute atomic E-state index is 0.0665. The van der Waals surface area contributed by atoms with E-state index in [4.69, 9.17) is 16.3 Å². The summed E-state index contributed by atoms with van der Waals surface area (Å²) >= 11 is 5.87. The molecule has 0 radical (unpaired) electrons. The zero-order chi connectivity index (χ0) is 17.3. The highest BCUT2D eigenvalue weighted by Crippen LogP contribution is 2.30. The molecule has 0 saturated heterocycles. The Morgan fingerprint density at radius 3 is 2.71 bits per heavy atom. The summed E-state index contributed by atoms with van der Waals surface area (Å²) in [5.41, 5.74) is 2.01. The predicted molar refractivity (Wildman–Crippen MR) is 89.0 cm³/mol. The lowest BCUT2D eigenvalue weighted by Gasteiger charge is -2.08. The molecule has 1 aromatic carbocycles. The quantitative estimate of drug-likeness (QED) is 0.401. The van der Waals surface area contributed by atoms with Gasteiger partial charge in [-0.3, -0.25) is 10.1 Å². The topological polar surface area (TPSA) is 83.1 Å². The van der Waals surface area contributed by atoms with Crippen molar-refractivity contribution in [3.8, 4) is 17.3 Å². The van der Waals surface area contributed by atoms with Crippen LogP contribution in [0.2, 0.25) is 5.15 Å². The third-order valence-corrected chi connectivity index (χ3v) is 3.65. The van der Waals surface area contributed by atoms with Crippen LogP contribution in [0.15, 0.2) is 42.7 Å². The molecule has 2 heterocycles. The summed E-state index contributed by atoms with van der Waals surface area (Å²) in [4.78, 5) is 14.5. The van der Waals surface area contributed by atoms with Crippen molar-refractivity contribution >= 4 is 17.3 Å². The molecular weight excluding hydrogens is 332 g/mol. The summed E-state index contributed by atoms with van der Waals surface area (Å²) in [6.45, 7) is 3.42. The highest BCUT2D eigenvalue weighted by Gasteiger charge is 2.15. The van der Waals surface area contributed by atoms with Gasteiger partial charge >= 0.3 is 0 Å². The van der Waals surface area contributed by atoms with Gasteiger partial charge in [-0.05, 0) is 31.5 Å². The Hall–Kier alpha value is -2.93. The van der Waals surface area contributed by atoms with Crippen LogP contribution in [0.25, 0.3) is 5.69 Å². The van der Waals surface area contributed by atoms with Crippen LogP contribution in [0.5, 0.6) is 11.6 Å². The Morgan fingerprint density at radius 1 is 1.21 bits per heavy atom. The number of nitro groups is 1. The van der Waals surface area contributed by atoms with Gasteiger partial charge in [0.1, 0.15) is 10.9 Å². The molecule has 0 aliphatic carbocycles. The fraction of sp³-hybridized carbons (Fsp3) is 0.125. The highest BCUT2D eigenvalue weighted by molar-refractivity contribution is 6.29. The molecule has 8 heteroatoms. The molecule has 7 nitrogen and oxygen atoms in total. The van der Waals surface area contributed by atoms with Crippen LogP contribution in [0.1, 0.15) is 11.1 Å². The molecule has 3 aromatic rings. The molecule has 0 fully saturated rings. The van der Waals surface area contributed by atoms with Crippen molar-refractivity contribution in [1.82, 2.24) is 14.8 Å². The summed E-state index contributed by atoms with van der Waals surface area (Å²) in [6, 6.07) is 8.27. The molecule has 0 atom stereocenters. The van der Waals surface area contributed by atoms with Crippen molar-refractivity contribution in [1.29, 1.82) is 0 Å². The van der Waals surface area contributed by atoms with E-state index in [0.29, 0.717) is 27.9 Å². The summed E-state index contributed by atoms with van der Waals surface area (Å²) in [6.07, 6.45) is 3.32. The number of hydrogen-bond donors (Lipinski definition) is 0. The third-order valence-electron chi connectivity index (χ3n) is 3.44. The van der Waals surface area contributed by atoms with Crippen molar-refractivity contribution in [3.05, 3.63) is 69.1 Å². The monoisotopic (exact) mass is 344 g/mol. The van der Waals surface area contributed by atoms with Gasteiger partial charge in [0.2, 0.25) is 5.88 Å². The number of halogens is 1. The number of benzene rings is 1. The number of aryl methyl sites for hydroxylation is 2. The van der Waals surface area contributed by atoms with Crippen molar-refractivity contribution < 1.29 is 9.66 Å². The maximum atomic E-state index is 11.0. The predicted octanol–water partition coefficient (Wildman–Crippen LogP) is 4.24. The van der Waals surface area contributed by atoms with Crippen molar-refractivity contribution in [2.24, 2.45) is 0 Å². The molecule has 0 amide bonds. The van der Waals surface area contributed by atoms with Crippen molar-refractivity contribution in [2.45, 2.75) is 13.8 Å². The van der Waals surface area contributed by atoms with Gasteiger partial charge < -0.3 is 4.74 Å². The van der Waals surface area contributed by atoms with E-state index < -0.39 is 4.92 Å². The maximum absolute atomic E-state index is 11.0. The standard InChI is InChI=1S/C16H13ClN4O3/c1-10-8-14(11(2)7-13(10)21(22)23)24-16-4-6-20(19-16)12-3-5-18-15(17)9-12/h3-9H,1-2H3. The smallest absolute Gasteiger partial charge is 0.272 e. The second kappa shape index (κ2) is 6.29. The van der Waals surface area contributed by atoms with Crippen molar-refractivity contribution in [3.63, 3.8) is 0 Å². The van der Waals surface area contributed by atoms with E-state index in [-0.39, 0.29) is 5.69 Å². The molecular formula is C16H13ClN4O3. The van der Waals surface area contributed by atoms with E-state index in [1.165, 1.54) is 6.07 Å². The first-order valence-corrected chi connectivity index (χ1v) is 7.43. The van der Waals surface area contributed by atoms with Gasteiger partial charge in [0.15, 0.2) is 0 Å². The Bertz CT molecular complexity index is 923. The summed E-state index contributed by atoms with van der Waals surface area (Å²) in [5.74, 6) is 0.899. The lowest BCUT2D eigenvalue weighted by molar-refractivity contribution is -0.385. The first-order chi connectivity index (χ1) is 11.4. The van der Waals surface area contributed by atoms with E-state index in [9.17, 15) is 10.1 Å². The van der Waals surface area contributed by atoms with E-state index in [2.05, 4.69) is 10.1 Å². The highest BCUT2D eigenvalue weighted by atomic mass is 35.5. The molecule has 122 valence electrons. The van der Waals surface area contributed by atoms with Crippen LogP contribution < -0.4 is 4.74 Å². The molecule has 0 unspecified atom stereocenters.